The second-order valence-electron chi connectivity index (χ2n) is 5.22. The standard InChI is InChI=1S/C15H19N3O/c16-10-13-9-12(11-17-14-2-3-14)1-4-15(13)18-5-7-19-8-6-18/h1,4,9,14,17H,2-3,5-8,11H2. The molecule has 4 heteroatoms. The highest BCUT2D eigenvalue weighted by atomic mass is 16.5. The maximum Gasteiger partial charge on any atom is 0.101 e. The Morgan fingerprint density at radius 3 is 2.79 bits per heavy atom. The van der Waals surface area contributed by atoms with Gasteiger partial charge in [-0.25, -0.2) is 0 Å². The number of anilines is 1. The molecule has 4 nitrogen and oxygen atoms in total. The third kappa shape index (κ3) is 3.06. The lowest BCUT2D eigenvalue weighted by Gasteiger charge is -2.29. The minimum atomic E-state index is 0.699. The van der Waals surface area contributed by atoms with Crippen LogP contribution in [-0.2, 0) is 11.3 Å². The first-order chi connectivity index (χ1) is 9.36. The smallest absolute Gasteiger partial charge is 0.101 e. The summed E-state index contributed by atoms with van der Waals surface area (Å²) in [5.74, 6) is 0. The zero-order valence-electron chi connectivity index (χ0n) is 11.1. The van der Waals surface area contributed by atoms with Crippen LogP contribution in [0, 0.1) is 11.3 Å². The van der Waals surface area contributed by atoms with Crippen molar-refractivity contribution in [3.05, 3.63) is 29.3 Å². The Morgan fingerprint density at radius 2 is 2.11 bits per heavy atom. The number of hydrogen-bond donors (Lipinski definition) is 1. The Hall–Kier alpha value is -1.57. The van der Waals surface area contributed by atoms with Crippen LogP contribution in [0.1, 0.15) is 24.0 Å². The van der Waals surface area contributed by atoms with E-state index >= 15 is 0 Å². The van der Waals surface area contributed by atoms with E-state index in [-0.39, 0.29) is 0 Å². The summed E-state index contributed by atoms with van der Waals surface area (Å²) in [6.07, 6.45) is 2.58. The molecule has 1 N–H and O–H groups in total. The molecule has 1 saturated heterocycles. The van der Waals surface area contributed by atoms with Gasteiger partial charge >= 0.3 is 0 Å². The number of nitriles is 1. The maximum absolute atomic E-state index is 9.33. The predicted octanol–water partition coefficient (Wildman–Crippen LogP) is 1.65. The van der Waals surface area contributed by atoms with Crippen molar-refractivity contribution in [3.63, 3.8) is 0 Å². The van der Waals surface area contributed by atoms with Crippen LogP contribution in [0.15, 0.2) is 18.2 Å². The summed E-state index contributed by atoms with van der Waals surface area (Å²) in [6, 6.07) is 9.24. The van der Waals surface area contributed by atoms with Gasteiger partial charge in [0.05, 0.1) is 24.5 Å². The predicted molar refractivity (Wildman–Crippen MR) is 74.1 cm³/mol. The molecule has 0 atom stereocenters. The Kier molecular flexibility index (Phi) is 3.67. The summed E-state index contributed by atoms with van der Waals surface area (Å²) in [5.41, 5.74) is 3.01. The topological polar surface area (TPSA) is 48.3 Å². The summed E-state index contributed by atoms with van der Waals surface area (Å²) in [7, 11) is 0. The zero-order chi connectivity index (χ0) is 13.1. The van der Waals surface area contributed by atoms with E-state index in [1.165, 1.54) is 18.4 Å². The Labute approximate surface area is 114 Å². The lowest BCUT2D eigenvalue weighted by Crippen LogP contribution is -2.36. The van der Waals surface area contributed by atoms with E-state index in [1.54, 1.807) is 0 Å². The molecule has 0 bridgehead atoms. The molecule has 0 spiro atoms. The van der Waals surface area contributed by atoms with Crippen LogP contribution in [0.3, 0.4) is 0 Å². The molecule has 1 saturated carbocycles. The van der Waals surface area contributed by atoms with Gasteiger partial charge in [0.1, 0.15) is 6.07 Å². The van der Waals surface area contributed by atoms with E-state index in [2.05, 4.69) is 28.4 Å². The van der Waals surface area contributed by atoms with E-state index in [0.717, 1.165) is 44.1 Å². The minimum Gasteiger partial charge on any atom is -0.378 e. The molecular weight excluding hydrogens is 238 g/mol. The number of nitrogens with one attached hydrogen (secondary N) is 1. The van der Waals surface area contributed by atoms with Crippen molar-refractivity contribution >= 4 is 5.69 Å². The van der Waals surface area contributed by atoms with Crippen LogP contribution >= 0.6 is 0 Å². The number of nitrogens with zero attached hydrogens (tertiary/aromatic N) is 2. The van der Waals surface area contributed by atoms with E-state index < -0.39 is 0 Å². The van der Waals surface area contributed by atoms with Crippen molar-refractivity contribution in [1.29, 1.82) is 5.26 Å². The first-order valence-corrected chi connectivity index (χ1v) is 6.96. The maximum atomic E-state index is 9.33. The van der Waals surface area contributed by atoms with Crippen molar-refractivity contribution in [2.24, 2.45) is 0 Å². The van der Waals surface area contributed by atoms with E-state index in [9.17, 15) is 5.26 Å². The van der Waals surface area contributed by atoms with Crippen molar-refractivity contribution in [3.8, 4) is 6.07 Å². The quantitative estimate of drug-likeness (QED) is 0.891. The largest absolute Gasteiger partial charge is 0.378 e. The molecule has 1 aliphatic carbocycles. The van der Waals surface area contributed by atoms with Gasteiger partial charge in [-0.05, 0) is 30.5 Å². The fraction of sp³-hybridized carbons (Fsp3) is 0.533. The van der Waals surface area contributed by atoms with Gasteiger partial charge in [0.2, 0.25) is 0 Å². The molecule has 1 aromatic rings. The lowest BCUT2D eigenvalue weighted by atomic mass is 10.1. The Balaban J connectivity index is 1.74. The fourth-order valence-corrected chi connectivity index (χ4v) is 2.41. The van der Waals surface area contributed by atoms with Gasteiger partial charge in [0.25, 0.3) is 0 Å². The Bertz CT molecular complexity index is 485. The minimum absolute atomic E-state index is 0.699. The van der Waals surface area contributed by atoms with Crippen LogP contribution in [0.25, 0.3) is 0 Å². The van der Waals surface area contributed by atoms with Crippen LogP contribution in [0.5, 0.6) is 0 Å². The molecule has 2 aliphatic rings. The van der Waals surface area contributed by atoms with Crippen LogP contribution in [0.2, 0.25) is 0 Å². The summed E-state index contributed by atoms with van der Waals surface area (Å²) in [6.45, 7) is 4.09. The van der Waals surface area contributed by atoms with Crippen molar-refractivity contribution in [1.82, 2.24) is 5.32 Å². The second kappa shape index (κ2) is 5.60. The van der Waals surface area contributed by atoms with Crippen molar-refractivity contribution in [2.45, 2.75) is 25.4 Å². The third-order valence-corrected chi connectivity index (χ3v) is 3.71. The zero-order valence-corrected chi connectivity index (χ0v) is 11.1. The fourth-order valence-electron chi connectivity index (χ4n) is 2.41. The van der Waals surface area contributed by atoms with Crippen LogP contribution in [0.4, 0.5) is 5.69 Å². The van der Waals surface area contributed by atoms with Crippen molar-refractivity contribution < 1.29 is 4.74 Å². The molecule has 0 amide bonds. The first kappa shape index (κ1) is 12.5. The van der Waals surface area contributed by atoms with Crippen molar-refractivity contribution in [2.75, 3.05) is 31.2 Å². The van der Waals surface area contributed by atoms with Gasteiger partial charge in [-0.1, -0.05) is 6.07 Å². The van der Waals surface area contributed by atoms with Crippen LogP contribution < -0.4 is 10.2 Å². The summed E-state index contributed by atoms with van der Waals surface area (Å²) >= 11 is 0. The van der Waals surface area contributed by atoms with Gasteiger partial charge in [0, 0.05) is 25.7 Å². The highest BCUT2D eigenvalue weighted by Gasteiger charge is 2.20. The molecule has 2 fully saturated rings. The second-order valence-corrected chi connectivity index (χ2v) is 5.22. The molecule has 100 valence electrons. The number of rotatable bonds is 4. The van der Waals surface area contributed by atoms with Gasteiger partial charge in [0.15, 0.2) is 0 Å². The van der Waals surface area contributed by atoms with E-state index in [4.69, 9.17) is 4.74 Å². The summed E-state index contributed by atoms with van der Waals surface area (Å²) < 4.78 is 5.36. The number of hydrogen-bond acceptors (Lipinski definition) is 4. The van der Waals surface area contributed by atoms with Gasteiger partial charge in [-0.2, -0.15) is 5.26 Å². The molecule has 1 aliphatic heterocycles. The lowest BCUT2D eigenvalue weighted by molar-refractivity contribution is 0.122. The molecule has 19 heavy (non-hydrogen) atoms. The molecular formula is C15H19N3O. The normalized spacial score (nSPS) is 19.2. The Morgan fingerprint density at radius 1 is 1.32 bits per heavy atom. The number of morpholine rings is 1. The highest BCUT2D eigenvalue weighted by Crippen LogP contribution is 2.24. The van der Waals surface area contributed by atoms with Crippen LogP contribution in [-0.4, -0.2) is 32.3 Å². The molecule has 1 heterocycles. The third-order valence-electron chi connectivity index (χ3n) is 3.71. The van der Waals surface area contributed by atoms with E-state index in [1.807, 2.05) is 6.07 Å². The summed E-state index contributed by atoms with van der Waals surface area (Å²) in [4.78, 5) is 2.24. The highest BCUT2D eigenvalue weighted by molar-refractivity contribution is 5.60. The SMILES string of the molecule is N#Cc1cc(CNC2CC2)ccc1N1CCOCC1. The first-order valence-electron chi connectivity index (χ1n) is 6.96. The molecule has 0 radical (unpaired) electrons. The number of ether oxygens (including phenoxy) is 1. The van der Waals surface area contributed by atoms with Gasteiger partial charge < -0.3 is 15.0 Å². The van der Waals surface area contributed by atoms with Gasteiger partial charge in [-0.15, -0.1) is 0 Å². The number of benzene rings is 1. The van der Waals surface area contributed by atoms with E-state index in [0.29, 0.717) is 6.04 Å². The monoisotopic (exact) mass is 257 g/mol. The summed E-state index contributed by atoms with van der Waals surface area (Å²) in [5, 5.41) is 12.8. The molecule has 1 aromatic carbocycles. The molecule has 0 aromatic heterocycles. The average Bonchev–Trinajstić information content (AvgIpc) is 3.30. The molecule has 0 unspecified atom stereocenters. The van der Waals surface area contributed by atoms with Gasteiger partial charge in [-0.3, -0.25) is 0 Å². The average molecular weight is 257 g/mol. The molecule has 3 rings (SSSR count).